The zero-order chi connectivity index (χ0) is 15.4. The van der Waals surface area contributed by atoms with Crippen molar-refractivity contribution in [3.05, 3.63) is 29.3 Å². The molecule has 1 heterocycles. The summed E-state index contributed by atoms with van der Waals surface area (Å²) in [5, 5.41) is 10.4. The van der Waals surface area contributed by atoms with Gasteiger partial charge in [-0.2, -0.15) is 0 Å². The molecule has 0 aliphatic carbocycles. The highest BCUT2D eigenvalue weighted by Gasteiger charge is 2.20. The lowest BCUT2D eigenvalue weighted by Crippen LogP contribution is -3.06. The number of rotatable bonds is 7. The first-order valence-electron chi connectivity index (χ1n) is 7.37. The summed E-state index contributed by atoms with van der Waals surface area (Å²) in [5.41, 5.74) is 2.99. The van der Waals surface area contributed by atoms with Crippen molar-refractivity contribution in [3.63, 3.8) is 0 Å². The van der Waals surface area contributed by atoms with Gasteiger partial charge >= 0.3 is 0 Å². The predicted octanol–water partition coefficient (Wildman–Crippen LogP) is -1.09. The first-order valence-corrected chi connectivity index (χ1v) is 7.37. The zero-order valence-corrected chi connectivity index (χ0v) is 12.6. The summed E-state index contributed by atoms with van der Waals surface area (Å²) in [4.78, 5) is 26.1. The molecule has 5 nitrogen and oxygen atoms in total. The highest BCUT2D eigenvalue weighted by atomic mass is 16.4. The molecule has 0 spiro atoms. The van der Waals surface area contributed by atoms with Crippen molar-refractivity contribution in [2.24, 2.45) is 0 Å². The molecule has 0 saturated carbocycles. The first kappa shape index (κ1) is 15.5. The number of nitrogens with one attached hydrogen (secondary N) is 1. The Balaban J connectivity index is 2.04. The summed E-state index contributed by atoms with van der Waals surface area (Å²) in [7, 11) is 4.27. The van der Waals surface area contributed by atoms with Gasteiger partial charge in [-0.1, -0.05) is 0 Å². The van der Waals surface area contributed by atoms with Gasteiger partial charge in [-0.3, -0.25) is 4.79 Å². The minimum Gasteiger partial charge on any atom is -0.550 e. The number of quaternary nitrogens is 1. The van der Waals surface area contributed by atoms with E-state index in [0.717, 1.165) is 26.1 Å². The smallest absolute Gasteiger partial charge is 0.163 e. The van der Waals surface area contributed by atoms with Gasteiger partial charge in [0, 0.05) is 30.2 Å². The molecule has 1 aromatic rings. The number of nitrogens with zero attached hydrogens (tertiary/aromatic N) is 1. The van der Waals surface area contributed by atoms with Gasteiger partial charge in [0.1, 0.15) is 0 Å². The number of carboxylic acids is 1. The Labute approximate surface area is 125 Å². The van der Waals surface area contributed by atoms with E-state index in [1.54, 1.807) is 6.07 Å². The molecule has 0 fully saturated rings. The van der Waals surface area contributed by atoms with Crippen LogP contribution in [-0.4, -0.2) is 45.5 Å². The van der Waals surface area contributed by atoms with Gasteiger partial charge in [-0.05, 0) is 36.6 Å². The Hall–Kier alpha value is -1.88. The Morgan fingerprint density at radius 1 is 1.29 bits per heavy atom. The minimum absolute atomic E-state index is 0.00875. The van der Waals surface area contributed by atoms with Crippen LogP contribution in [0, 0.1) is 0 Å². The van der Waals surface area contributed by atoms with Gasteiger partial charge in [-0.15, -0.1) is 0 Å². The lowest BCUT2D eigenvalue weighted by atomic mass is 10.0. The Morgan fingerprint density at radius 2 is 2.05 bits per heavy atom. The van der Waals surface area contributed by atoms with E-state index in [9.17, 15) is 14.7 Å². The summed E-state index contributed by atoms with van der Waals surface area (Å²) in [6.45, 7) is 3.07. The molecule has 0 aromatic heterocycles. The summed E-state index contributed by atoms with van der Waals surface area (Å²) in [6.07, 6.45) is 0.738. The largest absolute Gasteiger partial charge is 0.550 e. The number of hydrogen-bond acceptors (Lipinski definition) is 4. The van der Waals surface area contributed by atoms with Crippen molar-refractivity contribution >= 4 is 17.4 Å². The van der Waals surface area contributed by atoms with Crippen LogP contribution >= 0.6 is 0 Å². The van der Waals surface area contributed by atoms with Crippen molar-refractivity contribution in [2.75, 3.05) is 38.6 Å². The number of aliphatic carboxylic acids is 1. The maximum Gasteiger partial charge on any atom is 0.163 e. The minimum atomic E-state index is -1.18. The van der Waals surface area contributed by atoms with E-state index in [-0.39, 0.29) is 18.6 Å². The summed E-state index contributed by atoms with van der Waals surface area (Å²) in [6, 6.07) is 5.70. The molecule has 0 atom stereocenters. The topological polar surface area (TPSA) is 64.9 Å². The molecule has 1 aliphatic rings. The van der Waals surface area contributed by atoms with E-state index in [1.165, 1.54) is 16.2 Å². The number of ketones is 1. The van der Waals surface area contributed by atoms with Gasteiger partial charge in [0.2, 0.25) is 0 Å². The van der Waals surface area contributed by atoms with Crippen molar-refractivity contribution in [2.45, 2.75) is 19.3 Å². The lowest BCUT2D eigenvalue weighted by molar-refractivity contribution is -0.856. The van der Waals surface area contributed by atoms with Crippen LogP contribution in [0.15, 0.2) is 18.2 Å². The second-order valence-corrected chi connectivity index (χ2v) is 5.83. The first-order chi connectivity index (χ1) is 9.97. The molecular weight excluding hydrogens is 268 g/mol. The van der Waals surface area contributed by atoms with Crippen molar-refractivity contribution in [1.82, 2.24) is 0 Å². The molecule has 0 unspecified atom stereocenters. The van der Waals surface area contributed by atoms with Crippen LogP contribution in [0.5, 0.6) is 0 Å². The van der Waals surface area contributed by atoms with Gasteiger partial charge in [0.05, 0.1) is 27.2 Å². The predicted molar refractivity (Wildman–Crippen MR) is 78.6 cm³/mol. The fraction of sp³-hybridized carbons (Fsp3) is 0.500. The van der Waals surface area contributed by atoms with E-state index in [0.29, 0.717) is 5.56 Å². The third kappa shape index (κ3) is 4.04. The van der Waals surface area contributed by atoms with Crippen LogP contribution in [0.1, 0.15) is 28.8 Å². The molecule has 1 N–H and O–H groups in total. The SMILES string of the molecule is C[NH+](C)CCN1CCc2cc(C(=O)CCC(=O)[O-])ccc21. The van der Waals surface area contributed by atoms with Gasteiger partial charge in [0.25, 0.3) is 0 Å². The van der Waals surface area contributed by atoms with Gasteiger partial charge < -0.3 is 19.7 Å². The second-order valence-electron chi connectivity index (χ2n) is 5.83. The molecule has 0 bridgehead atoms. The Morgan fingerprint density at radius 3 is 2.71 bits per heavy atom. The molecule has 5 heteroatoms. The van der Waals surface area contributed by atoms with Crippen LogP contribution in [0.4, 0.5) is 5.69 Å². The van der Waals surface area contributed by atoms with Crippen LogP contribution < -0.4 is 14.9 Å². The molecule has 1 aromatic carbocycles. The van der Waals surface area contributed by atoms with Gasteiger partial charge in [0.15, 0.2) is 5.78 Å². The molecule has 2 rings (SSSR count). The third-order valence-electron chi connectivity index (χ3n) is 3.83. The number of fused-ring (bicyclic) bond motifs is 1. The lowest BCUT2D eigenvalue weighted by Gasteiger charge is -2.20. The Kier molecular flexibility index (Phi) is 4.96. The number of likely N-dealkylation sites (N-methyl/N-ethyl adjacent to an activating group) is 1. The standard InChI is InChI=1S/C16H22N2O3/c1-17(2)9-10-18-8-7-12-11-13(3-4-14(12)18)15(19)5-6-16(20)21/h3-4,11H,5-10H2,1-2H3,(H,20,21). The molecule has 21 heavy (non-hydrogen) atoms. The molecule has 0 radical (unpaired) electrons. The van der Waals surface area contributed by atoms with E-state index in [1.807, 2.05) is 12.1 Å². The highest BCUT2D eigenvalue weighted by molar-refractivity contribution is 5.98. The third-order valence-corrected chi connectivity index (χ3v) is 3.83. The number of carbonyl (C=O) groups is 2. The zero-order valence-electron chi connectivity index (χ0n) is 12.6. The molecule has 0 amide bonds. The number of carboxylic acid groups (broad SMARTS) is 1. The number of hydrogen-bond donors (Lipinski definition) is 1. The van der Waals surface area contributed by atoms with E-state index in [4.69, 9.17) is 0 Å². The number of carbonyl (C=O) groups excluding carboxylic acids is 2. The van der Waals surface area contributed by atoms with Crippen LogP contribution in [-0.2, 0) is 11.2 Å². The van der Waals surface area contributed by atoms with Crippen LogP contribution in [0.3, 0.4) is 0 Å². The fourth-order valence-electron chi connectivity index (χ4n) is 2.59. The molecule has 1 aliphatic heterocycles. The normalized spacial score (nSPS) is 13.6. The monoisotopic (exact) mass is 290 g/mol. The maximum absolute atomic E-state index is 11.9. The maximum atomic E-state index is 11.9. The number of benzene rings is 1. The van der Waals surface area contributed by atoms with Crippen LogP contribution in [0.25, 0.3) is 0 Å². The highest BCUT2D eigenvalue weighted by Crippen LogP contribution is 2.28. The van der Waals surface area contributed by atoms with Gasteiger partial charge in [-0.25, -0.2) is 0 Å². The quantitative estimate of drug-likeness (QED) is 0.648. The summed E-state index contributed by atoms with van der Waals surface area (Å²) < 4.78 is 0. The van der Waals surface area contributed by atoms with Crippen molar-refractivity contribution in [3.8, 4) is 0 Å². The van der Waals surface area contributed by atoms with Crippen molar-refractivity contribution in [1.29, 1.82) is 0 Å². The summed E-state index contributed by atoms with van der Waals surface area (Å²) in [5.74, 6) is -1.31. The number of anilines is 1. The van der Waals surface area contributed by atoms with E-state index >= 15 is 0 Å². The number of Topliss-reactive ketones (excluding diaryl/α,β-unsaturated/α-hetero) is 1. The summed E-state index contributed by atoms with van der Waals surface area (Å²) >= 11 is 0. The van der Waals surface area contributed by atoms with E-state index < -0.39 is 5.97 Å². The molecule has 114 valence electrons. The van der Waals surface area contributed by atoms with E-state index in [2.05, 4.69) is 19.0 Å². The average molecular weight is 290 g/mol. The Bertz CT molecular complexity index is 540. The molecular formula is C16H22N2O3. The molecule has 0 saturated heterocycles. The van der Waals surface area contributed by atoms with Crippen LogP contribution in [0.2, 0.25) is 0 Å². The van der Waals surface area contributed by atoms with Crippen molar-refractivity contribution < 1.29 is 19.6 Å². The second kappa shape index (κ2) is 6.72. The fourth-order valence-corrected chi connectivity index (χ4v) is 2.59. The average Bonchev–Trinajstić information content (AvgIpc) is 2.84.